The molecule has 15 heavy (non-hydrogen) atoms. The Labute approximate surface area is 89.6 Å². The molecule has 1 aliphatic rings. The molecule has 1 aromatic rings. The highest BCUT2D eigenvalue weighted by Crippen LogP contribution is 2.12. The van der Waals surface area contributed by atoms with Gasteiger partial charge >= 0.3 is 0 Å². The Morgan fingerprint density at radius 1 is 1.53 bits per heavy atom. The molecule has 2 rings (SSSR count). The number of rotatable bonds is 2. The van der Waals surface area contributed by atoms with Crippen LogP contribution >= 0.6 is 0 Å². The van der Waals surface area contributed by atoms with E-state index in [9.17, 15) is 4.79 Å². The van der Waals surface area contributed by atoms with Crippen LogP contribution in [0.5, 0.6) is 0 Å². The number of aromatic nitrogens is 2. The third kappa shape index (κ3) is 1.95. The van der Waals surface area contributed by atoms with E-state index in [1.165, 1.54) is 6.07 Å². The zero-order chi connectivity index (χ0) is 10.8. The lowest BCUT2D eigenvalue weighted by molar-refractivity contribution is 0.155. The smallest absolute Gasteiger partial charge is 0.253 e. The van der Waals surface area contributed by atoms with Crippen molar-refractivity contribution in [2.45, 2.75) is 39.4 Å². The number of hydrogen-bond donors (Lipinski definition) is 0. The molecule has 1 aromatic heterocycles. The van der Waals surface area contributed by atoms with E-state index in [1.54, 1.807) is 10.8 Å². The quantitative estimate of drug-likeness (QED) is 0.722. The lowest BCUT2D eigenvalue weighted by atomic mass is 10.2. The number of fused-ring (bicyclic) bond motifs is 1. The van der Waals surface area contributed by atoms with Crippen LogP contribution in [0.3, 0.4) is 0 Å². The molecule has 82 valence electrons. The third-order valence-electron chi connectivity index (χ3n) is 3.19. The van der Waals surface area contributed by atoms with Crippen LogP contribution in [-0.4, -0.2) is 27.0 Å². The van der Waals surface area contributed by atoms with Gasteiger partial charge in [-0.2, -0.15) is 0 Å². The van der Waals surface area contributed by atoms with Gasteiger partial charge in [-0.15, -0.1) is 0 Å². The van der Waals surface area contributed by atoms with Gasteiger partial charge in [-0.25, -0.2) is 4.98 Å². The highest BCUT2D eigenvalue weighted by Gasteiger charge is 2.20. The first-order valence-corrected chi connectivity index (χ1v) is 5.51. The predicted octanol–water partition coefficient (Wildman–Crippen LogP) is 0.857. The maximum atomic E-state index is 11.5. The first-order valence-electron chi connectivity index (χ1n) is 5.51. The van der Waals surface area contributed by atoms with Crippen molar-refractivity contribution in [2.24, 2.45) is 0 Å². The molecule has 0 saturated heterocycles. The number of nitrogens with zero attached hydrogens (tertiary/aromatic N) is 3. The molecule has 4 nitrogen and oxygen atoms in total. The molecule has 1 aliphatic heterocycles. The summed E-state index contributed by atoms with van der Waals surface area (Å²) in [5.74, 6) is 0.897. The first-order chi connectivity index (χ1) is 7.22. The molecule has 0 N–H and O–H groups in total. The van der Waals surface area contributed by atoms with Crippen LogP contribution < -0.4 is 5.56 Å². The van der Waals surface area contributed by atoms with E-state index in [2.05, 4.69) is 23.7 Å². The fourth-order valence-corrected chi connectivity index (χ4v) is 1.96. The summed E-state index contributed by atoms with van der Waals surface area (Å²) in [7, 11) is 0. The van der Waals surface area contributed by atoms with Crippen molar-refractivity contribution in [1.82, 2.24) is 14.5 Å². The van der Waals surface area contributed by atoms with Crippen LogP contribution in [0.25, 0.3) is 0 Å². The minimum absolute atomic E-state index is 0.0730. The minimum atomic E-state index is 0.0730. The van der Waals surface area contributed by atoms with Crippen LogP contribution in [0, 0.1) is 0 Å². The van der Waals surface area contributed by atoms with E-state index >= 15 is 0 Å². The summed E-state index contributed by atoms with van der Waals surface area (Å²) < 4.78 is 1.78. The summed E-state index contributed by atoms with van der Waals surface area (Å²) in [6, 6.07) is 2.10. The van der Waals surface area contributed by atoms with Crippen molar-refractivity contribution < 1.29 is 0 Å². The van der Waals surface area contributed by atoms with Gasteiger partial charge in [0.25, 0.3) is 5.56 Å². The zero-order valence-corrected chi connectivity index (χ0v) is 9.31. The second kappa shape index (κ2) is 4.14. The molecule has 2 heterocycles. The largest absolute Gasteiger partial charge is 0.294 e. The molecular weight excluding hydrogens is 190 g/mol. The molecule has 0 fully saturated rings. The number of hydrogen-bond acceptors (Lipinski definition) is 3. The fraction of sp³-hybridized carbons (Fsp3) is 0.636. The zero-order valence-electron chi connectivity index (χ0n) is 9.31. The Morgan fingerprint density at radius 2 is 2.33 bits per heavy atom. The minimum Gasteiger partial charge on any atom is -0.294 e. The molecule has 0 bridgehead atoms. The van der Waals surface area contributed by atoms with Crippen molar-refractivity contribution in [2.75, 3.05) is 6.54 Å². The van der Waals surface area contributed by atoms with E-state index in [1.807, 2.05) is 0 Å². The summed E-state index contributed by atoms with van der Waals surface area (Å²) in [6.45, 7) is 6.92. The van der Waals surface area contributed by atoms with Crippen molar-refractivity contribution in [1.29, 1.82) is 0 Å². The summed E-state index contributed by atoms with van der Waals surface area (Å²) in [5, 5.41) is 0. The first kappa shape index (κ1) is 10.4. The summed E-state index contributed by atoms with van der Waals surface area (Å²) in [4.78, 5) is 18.2. The Balaban J connectivity index is 2.24. The van der Waals surface area contributed by atoms with Gasteiger partial charge in [-0.05, 0) is 13.3 Å². The standard InChI is InChI=1S/C11H17N3O/c1-3-9(2)13-6-7-14-10(8-13)12-5-4-11(14)15/h4-5,9H,3,6-8H2,1-2H3. The van der Waals surface area contributed by atoms with E-state index < -0.39 is 0 Å². The van der Waals surface area contributed by atoms with Crippen LogP contribution in [-0.2, 0) is 13.1 Å². The highest BCUT2D eigenvalue weighted by molar-refractivity contribution is 4.97. The Hall–Kier alpha value is -1.16. The lowest BCUT2D eigenvalue weighted by Gasteiger charge is -2.32. The molecule has 0 aromatic carbocycles. The van der Waals surface area contributed by atoms with Gasteiger partial charge in [0.2, 0.25) is 0 Å². The maximum Gasteiger partial charge on any atom is 0.253 e. The molecule has 0 amide bonds. The predicted molar refractivity (Wildman–Crippen MR) is 58.7 cm³/mol. The second-order valence-electron chi connectivity index (χ2n) is 4.08. The van der Waals surface area contributed by atoms with Crippen LogP contribution in [0.1, 0.15) is 26.1 Å². The van der Waals surface area contributed by atoms with Gasteiger partial charge in [0.15, 0.2) is 0 Å². The molecular formula is C11H17N3O. The normalized spacial score (nSPS) is 18.5. The van der Waals surface area contributed by atoms with Crippen molar-refractivity contribution >= 4 is 0 Å². The van der Waals surface area contributed by atoms with Gasteiger partial charge in [-0.3, -0.25) is 14.3 Å². The monoisotopic (exact) mass is 207 g/mol. The molecule has 1 unspecified atom stereocenters. The Kier molecular flexibility index (Phi) is 2.86. The third-order valence-corrected chi connectivity index (χ3v) is 3.19. The summed E-state index contributed by atoms with van der Waals surface area (Å²) in [5.41, 5.74) is 0.0730. The Morgan fingerprint density at radius 3 is 3.07 bits per heavy atom. The second-order valence-corrected chi connectivity index (χ2v) is 4.08. The van der Waals surface area contributed by atoms with Gasteiger partial charge in [0.1, 0.15) is 5.82 Å². The topological polar surface area (TPSA) is 38.1 Å². The highest BCUT2D eigenvalue weighted by atomic mass is 16.1. The average molecular weight is 207 g/mol. The van der Waals surface area contributed by atoms with Crippen LogP contribution in [0.15, 0.2) is 17.1 Å². The molecule has 4 heteroatoms. The van der Waals surface area contributed by atoms with E-state index in [0.717, 1.165) is 31.9 Å². The average Bonchev–Trinajstić information content (AvgIpc) is 2.28. The molecule has 0 radical (unpaired) electrons. The van der Waals surface area contributed by atoms with Gasteiger partial charge in [-0.1, -0.05) is 6.92 Å². The molecule has 1 atom stereocenters. The van der Waals surface area contributed by atoms with Gasteiger partial charge < -0.3 is 0 Å². The fourth-order valence-electron chi connectivity index (χ4n) is 1.96. The van der Waals surface area contributed by atoms with Crippen LogP contribution in [0.4, 0.5) is 0 Å². The van der Waals surface area contributed by atoms with E-state index in [-0.39, 0.29) is 5.56 Å². The van der Waals surface area contributed by atoms with E-state index in [0.29, 0.717) is 6.04 Å². The van der Waals surface area contributed by atoms with E-state index in [4.69, 9.17) is 0 Å². The van der Waals surface area contributed by atoms with Gasteiger partial charge in [0.05, 0.1) is 6.54 Å². The molecule has 0 saturated carbocycles. The van der Waals surface area contributed by atoms with Crippen LogP contribution in [0.2, 0.25) is 0 Å². The maximum absolute atomic E-state index is 11.5. The summed E-state index contributed by atoms with van der Waals surface area (Å²) >= 11 is 0. The van der Waals surface area contributed by atoms with Crippen molar-refractivity contribution in [3.8, 4) is 0 Å². The van der Waals surface area contributed by atoms with Gasteiger partial charge in [0, 0.05) is 31.4 Å². The molecule has 0 spiro atoms. The van der Waals surface area contributed by atoms with Crippen molar-refractivity contribution in [3.63, 3.8) is 0 Å². The SMILES string of the molecule is CCC(C)N1CCn2c(nccc2=O)C1. The summed E-state index contributed by atoms with van der Waals surface area (Å²) in [6.07, 6.45) is 2.74. The van der Waals surface area contributed by atoms with Crippen molar-refractivity contribution in [3.05, 3.63) is 28.4 Å². The molecule has 0 aliphatic carbocycles. The Bertz CT molecular complexity index is 399. The lowest BCUT2D eigenvalue weighted by Crippen LogP contribution is -2.43.